The third kappa shape index (κ3) is 3.95. The average molecular weight is 380 g/mol. The van der Waals surface area contributed by atoms with E-state index in [0.717, 1.165) is 5.75 Å². The summed E-state index contributed by atoms with van der Waals surface area (Å²) in [5, 5.41) is 3.97. The smallest absolute Gasteiger partial charge is 0.260 e. The molecule has 144 valence electrons. The number of ether oxygens (including phenoxy) is 2. The molecule has 0 unspecified atom stereocenters. The van der Waals surface area contributed by atoms with Gasteiger partial charge in [0.25, 0.3) is 5.91 Å². The van der Waals surface area contributed by atoms with Crippen LogP contribution >= 0.6 is 0 Å². The van der Waals surface area contributed by atoms with Crippen LogP contribution in [-0.2, 0) is 4.79 Å². The monoisotopic (exact) mass is 380 g/mol. The largest absolute Gasteiger partial charge is 0.494 e. The lowest BCUT2D eigenvalue weighted by molar-refractivity contribution is -0.138. The molecule has 0 saturated carbocycles. The molecule has 0 N–H and O–H groups in total. The van der Waals surface area contributed by atoms with Crippen LogP contribution in [-0.4, -0.2) is 52.2 Å². The van der Waals surface area contributed by atoms with Gasteiger partial charge in [-0.1, -0.05) is 11.2 Å². The van der Waals surface area contributed by atoms with Crippen molar-refractivity contribution >= 4 is 5.91 Å². The predicted molar refractivity (Wildman–Crippen MR) is 100.0 cm³/mol. The second-order valence-electron chi connectivity index (χ2n) is 6.36. The van der Waals surface area contributed by atoms with E-state index >= 15 is 0 Å². The lowest BCUT2D eigenvalue weighted by atomic mass is 10.0. The summed E-state index contributed by atoms with van der Waals surface area (Å²) in [6.45, 7) is 3.60. The first kappa shape index (κ1) is 18.0. The summed E-state index contributed by atoms with van der Waals surface area (Å²) in [5.41, 5.74) is 0.661. The molecule has 4 rings (SSSR count). The average Bonchev–Trinajstić information content (AvgIpc) is 3.17. The topological polar surface area (TPSA) is 90.6 Å². The second kappa shape index (κ2) is 8.08. The summed E-state index contributed by atoms with van der Waals surface area (Å²) < 4.78 is 16.3. The molecule has 3 aromatic rings. The van der Waals surface area contributed by atoms with E-state index in [9.17, 15) is 4.79 Å². The second-order valence-corrected chi connectivity index (χ2v) is 6.36. The van der Waals surface area contributed by atoms with Gasteiger partial charge in [0.05, 0.1) is 12.5 Å². The van der Waals surface area contributed by atoms with E-state index in [1.54, 1.807) is 23.2 Å². The summed E-state index contributed by atoms with van der Waals surface area (Å²) >= 11 is 0. The van der Waals surface area contributed by atoms with Gasteiger partial charge in [0.1, 0.15) is 17.2 Å². The van der Waals surface area contributed by atoms with Crippen molar-refractivity contribution in [2.24, 2.45) is 0 Å². The van der Waals surface area contributed by atoms with Crippen molar-refractivity contribution in [1.82, 2.24) is 20.0 Å². The number of hydrogen-bond acceptors (Lipinski definition) is 7. The molecule has 1 amide bonds. The minimum absolute atomic E-state index is 0.0102. The van der Waals surface area contributed by atoms with E-state index in [1.165, 1.54) is 0 Å². The molecule has 1 saturated heterocycles. The number of amides is 1. The first-order chi connectivity index (χ1) is 13.7. The zero-order valence-electron chi connectivity index (χ0n) is 15.4. The predicted octanol–water partition coefficient (Wildman–Crippen LogP) is 2.54. The molecule has 28 heavy (non-hydrogen) atoms. The van der Waals surface area contributed by atoms with Crippen molar-refractivity contribution in [2.75, 3.05) is 26.3 Å². The van der Waals surface area contributed by atoms with Crippen LogP contribution in [0.25, 0.3) is 11.5 Å². The highest BCUT2D eigenvalue weighted by atomic mass is 16.5. The first-order valence-corrected chi connectivity index (χ1v) is 9.11. The third-order valence-corrected chi connectivity index (χ3v) is 4.42. The molecule has 8 heteroatoms. The molecule has 0 atom stereocenters. The van der Waals surface area contributed by atoms with Gasteiger partial charge in [0.15, 0.2) is 6.61 Å². The van der Waals surface area contributed by atoms with Gasteiger partial charge < -0.3 is 18.9 Å². The van der Waals surface area contributed by atoms with Crippen LogP contribution in [0.3, 0.4) is 0 Å². The van der Waals surface area contributed by atoms with Gasteiger partial charge in [-0.25, -0.2) is 0 Å². The molecule has 0 bridgehead atoms. The number of benzene rings is 1. The molecule has 3 heterocycles. The molecule has 0 radical (unpaired) electrons. The van der Waals surface area contributed by atoms with Gasteiger partial charge in [-0.05, 0) is 43.3 Å². The molecule has 0 aliphatic carbocycles. The number of carbonyl (C=O) groups excluding carboxylic acids is 1. The molecule has 1 aliphatic heterocycles. The number of aromatic nitrogens is 3. The highest BCUT2D eigenvalue weighted by Gasteiger charge is 2.35. The van der Waals surface area contributed by atoms with Crippen LogP contribution in [0.4, 0.5) is 0 Å². The van der Waals surface area contributed by atoms with Crippen molar-refractivity contribution < 1.29 is 18.8 Å². The Morgan fingerprint density at radius 2 is 1.89 bits per heavy atom. The van der Waals surface area contributed by atoms with Crippen molar-refractivity contribution in [3.8, 4) is 23.0 Å². The molecule has 8 nitrogen and oxygen atoms in total. The molecular weight excluding hydrogens is 360 g/mol. The minimum Gasteiger partial charge on any atom is -0.494 e. The number of nitrogens with zero attached hydrogens (tertiary/aromatic N) is 4. The SMILES string of the molecule is CCOc1ccc(OCC(=O)N2CC(c3nc(-c4ccccn4)no3)C2)cc1. The first-order valence-electron chi connectivity index (χ1n) is 9.11. The summed E-state index contributed by atoms with van der Waals surface area (Å²) in [6, 6.07) is 12.7. The van der Waals surface area contributed by atoms with E-state index in [1.807, 2.05) is 37.3 Å². The Balaban J connectivity index is 1.26. The van der Waals surface area contributed by atoms with Gasteiger partial charge in [-0.2, -0.15) is 4.98 Å². The Bertz CT molecular complexity index is 921. The Kier molecular flexibility index (Phi) is 5.18. The Labute approximate surface area is 162 Å². The van der Waals surface area contributed by atoms with E-state index in [2.05, 4.69) is 15.1 Å². The highest BCUT2D eigenvalue weighted by Crippen LogP contribution is 2.27. The standard InChI is InChI=1S/C20H20N4O4/c1-2-26-15-6-8-16(9-7-15)27-13-18(25)24-11-14(12-24)20-22-19(23-28-20)17-5-3-4-10-21-17/h3-10,14H,2,11-13H2,1H3. The van der Waals surface area contributed by atoms with Crippen LogP contribution in [0.5, 0.6) is 11.5 Å². The normalized spacial score (nSPS) is 13.8. The van der Waals surface area contributed by atoms with Crippen molar-refractivity contribution in [3.05, 3.63) is 54.6 Å². The van der Waals surface area contributed by atoms with Crippen LogP contribution in [0.2, 0.25) is 0 Å². The zero-order valence-corrected chi connectivity index (χ0v) is 15.4. The molecule has 1 aliphatic rings. The molecule has 2 aromatic heterocycles. The van der Waals surface area contributed by atoms with Gasteiger partial charge in [-0.3, -0.25) is 9.78 Å². The van der Waals surface area contributed by atoms with Crippen LogP contribution in [0.1, 0.15) is 18.7 Å². The fourth-order valence-corrected chi connectivity index (χ4v) is 2.87. The fraction of sp³-hybridized carbons (Fsp3) is 0.300. The molecular formula is C20H20N4O4. The maximum absolute atomic E-state index is 12.3. The van der Waals surface area contributed by atoms with Gasteiger partial charge >= 0.3 is 0 Å². The van der Waals surface area contributed by atoms with E-state index in [0.29, 0.717) is 42.9 Å². The van der Waals surface area contributed by atoms with Gasteiger partial charge in [0.2, 0.25) is 11.7 Å². The molecule has 1 fully saturated rings. The van der Waals surface area contributed by atoms with Crippen molar-refractivity contribution in [3.63, 3.8) is 0 Å². The summed E-state index contributed by atoms with van der Waals surface area (Å²) in [5.74, 6) is 2.35. The Morgan fingerprint density at radius 1 is 1.14 bits per heavy atom. The highest BCUT2D eigenvalue weighted by molar-refractivity contribution is 5.78. The maximum atomic E-state index is 12.3. The quantitative estimate of drug-likeness (QED) is 0.622. The lowest BCUT2D eigenvalue weighted by Gasteiger charge is -2.36. The summed E-state index contributed by atoms with van der Waals surface area (Å²) in [4.78, 5) is 22.6. The Hall–Kier alpha value is -3.42. The van der Waals surface area contributed by atoms with Gasteiger partial charge in [-0.15, -0.1) is 0 Å². The van der Waals surface area contributed by atoms with Crippen molar-refractivity contribution in [2.45, 2.75) is 12.8 Å². The maximum Gasteiger partial charge on any atom is 0.260 e. The third-order valence-electron chi connectivity index (χ3n) is 4.42. The fourth-order valence-electron chi connectivity index (χ4n) is 2.87. The Morgan fingerprint density at radius 3 is 2.57 bits per heavy atom. The lowest BCUT2D eigenvalue weighted by Crippen LogP contribution is -2.50. The number of rotatable bonds is 7. The van der Waals surface area contributed by atoms with E-state index < -0.39 is 0 Å². The minimum atomic E-state index is -0.0744. The number of carbonyl (C=O) groups is 1. The van der Waals surface area contributed by atoms with Gasteiger partial charge in [0, 0.05) is 19.3 Å². The van der Waals surface area contributed by atoms with Crippen LogP contribution in [0.15, 0.2) is 53.2 Å². The van der Waals surface area contributed by atoms with E-state index in [4.69, 9.17) is 14.0 Å². The van der Waals surface area contributed by atoms with Crippen molar-refractivity contribution in [1.29, 1.82) is 0 Å². The van der Waals surface area contributed by atoms with E-state index in [-0.39, 0.29) is 18.4 Å². The summed E-state index contributed by atoms with van der Waals surface area (Å²) in [6.07, 6.45) is 1.68. The zero-order chi connectivity index (χ0) is 19.3. The van der Waals surface area contributed by atoms with Crippen LogP contribution < -0.4 is 9.47 Å². The molecule has 1 aromatic carbocycles. The summed E-state index contributed by atoms with van der Waals surface area (Å²) in [7, 11) is 0. The molecule has 0 spiro atoms. The number of pyridine rings is 1. The number of likely N-dealkylation sites (tertiary alicyclic amines) is 1. The van der Waals surface area contributed by atoms with Crippen LogP contribution in [0, 0.1) is 0 Å². The number of hydrogen-bond donors (Lipinski definition) is 0.